The zero-order valence-corrected chi connectivity index (χ0v) is 21.0. The summed E-state index contributed by atoms with van der Waals surface area (Å²) >= 11 is 0. The highest BCUT2D eigenvalue weighted by Crippen LogP contribution is 2.41. The van der Waals surface area contributed by atoms with Crippen molar-refractivity contribution < 1.29 is 43.2 Å². The standard InChI is InChI=1S/C26H36O9/c1-14-23(33-15(2)27)25(34-16(3)28)26(35-17(4)29)24(32-14)20-13-18(10-11-22(20)31-5)12-19-8-6-7-9-21(19)30/h10-11,13-14,19,21,23-26,30H,6-9,12H2,1-5H3/t14-,19?,21?,23+,24+,25+,26+/m0/s1. The topological polar surface area (TPSA) is 118 Å². The van der Waals surface area contributed by atoms with E-state index in [2.05, 4.69) is 0 Å². The minimum absolute atomic E-state index is 0.155. The predicted molar refractivity (Wildman–Crippen MR) is 125 cm³/mol. The molecule has 1 saturated heterocycles. The zero-order chi connectivity index (χ0) is 25.7. The fraction of sp³-hybridized carbons (Fsp3) is 0.654. The first-order valence-electron chi connectivity index (χ1n) is 12.1. The molecule has 2 aliphatic rings. The number of carbonyl (C=O) groups excluding carboxylic acids is 3. The second-order valence-electron chi connectivity index (χ2n) is 9.38. The van der Waals surface area contributed by atoms with E-state index in [9.17, 15) is 19.5 Å². The molecule has 1 aromatic rings. The number of ether oxygens (including phenoxy) is 5. The molecule has 9 heteroatoms. The smallest absolute Gasteiger partial charge is 0.303 e. The van der Waals surface area contributed by atoms with Gasteiger partial charge in [-0.2, -0.15) is 0 Å². The fourth-order valence-electron chi connectivity index (χ4n) is 5.13. The molecule has 3 rings (SSSR count). The largest absolute Gasteiger partial charge is 0.496 e. The third kappa shape index (κ3) is 6.73. The Labute approximate surface area is 206 Å². The lowest BCUT2D eigenvalue weighted by Crippen LogP contribution is -2.57. The van der Waals surface area contributed by atoms with Crippen LogP contribution in [-0.4, -0.2) is 60.6 Å². The van der Waals surface area contributed by atoms with Crippen LogP contribution in [0.2, 0.25) is 0 Å². The quantitative estimate of drug-likeness (QED) is 0.453. The Hall–Kier alpha value is -2.65. The van der Waals surface area contributed by atoms with E-state index in [-0.39, 0.29) is 12.0 Å². The molecule has 7 atom stereocenters. The number of hydrogen-bond donors (Lipinski definition) is 1. The van der Waals surface area contributed by atoms with Crippen molar-refractivity contribution in [3.63, 3.8) is 0 Å². The maximum Gasteiger partial charge on any atom is 0.303 e. The molecule has 1 aromatic carbocycles. The van der Waals surface area contributed by atoms with E-state index in [1.807, 2.05) is 18.2 Å². The van der Waals surface area contributed by atoms with Crippen LogP contribution in [0, 0.1) is 5.92 Å². The molecule has 0 radical (unpaired) electrons. The molecule has 0 spiro atoms. The summed E-state index contributed by atoms with van der Waals surface area (Å²) in [6.45, 7) is 5.44. The zero-order valence-electron chi connectivity index (χ0n) is 21.0. The number of aliphatic hydroxyl groups excluding tert-OH is 1. The van der Waals surface area contributed by atoms with Crippen molar-refractivity contribution in [2.45, 2.75) is 96.4 Å². The molecule has 1 heterocycles. The van der Waals surface area contributed by atoms with E-state index in [0.717, 1.165) is 31.2 Å². The predicted octanol–water partition coefficient (Wildman–Crippen LogP) is 3.04. The first-order chi connectivity index (χ1) is 16.6. The molecule has 9 nitrogen and oxygen atoms in total. The van der Waals surface area contributed by atoms with Crippen LogP contribution in [0.25, 0.3) is 0 Å². The molecule has 2 fully saturated rings. The highest BCUT2D eigenvalue weighted by atomic mass is 16.6. The Morgan fingerprint density at radius 1 is 0.943 bits per heavy atom. The third-order valence-electron chi connectivity index (χ3n) is 6.64. The maximum atomic E-state index is 12.1. The van der Waals surface area contributed by atoms with E-state index < -0.39 is 48.4 Å². The number of carbonyl (C=O) groups is 3. The summed E-state index contributed by atoms with van der Waals surface area (Å²) in [6, 6.07) is 5.69. The molecule has 35 heavy (non-hydrogen) atoms. The average Bonchev–Trinajstić information content (AvgIpc) is 2.78. The van der Waals surface area contributed by atoms with Crippen molar-refractivity contribution in [2.24, 2.45) is 5.92 Å². The number of esters is 3. The normalized spacial score (nSPS) is 30.7. The van der Waals surface area contributed by atoms with E-state index >= 15 is 0 Å². The van der Waals surface area contributed by atoms with Crippen LogP contribution >= 0.6 is 0 Å². The van der Waals surface area contributed by atoms with Gasteiger partial charge >= 0.3 is 17.9 Å². The van der Waals surface area contributed by atoms with E-state index in [0.29, 0.717) is 17.7 Å². The highest BCUT2D eigenvalue weighted by molar-refractivity contribution is 5.68. The Morgan fingerprint density at radius 2 is 1.54 bits per heavy atom. The third-order valence-corrected chi connectivity index (χ3v) is 6.64. The summed E-state index contributed by atoms with van der Waals surface area (Å²) < 4.78 is 28.4. The molecule has 0 amide bonds. The van der Waals surface area contributed by atoms with Gasteiger partial charge in [0.2, 0.25) is 0 Å². The Kier molecular flexibility index (Phi) is 9.13. The number of aliphatic hydroxyl groups is 1. The van der Waals surface area contributed by atoms with Crippen molar-refractivity contribution in [1.82, 2.24) is 0 Å². The van der Waals surface area contributed by atoms with Crippen molar-refractivity contribution in [2.75, 3.05) is 7.11 Å². The fourth-order valence-corrected chi connectivity index (χ4v) is 5.13. The number of rotatable bonds is 7. The van der Waals surface area contributed by atoms with E-state index in [1.54, 1.807) is 6.92 Å². The van der Waals surface area contributed by atoms with Crippen molar-refractivity contribution >= 4 is 17.9 Å². The first-order valence-corrected chi connectivity index (χ1v) is 12.1. The van der Waals surface area contributed by atoms with Gasteiger partial charge in [-0.05, 0) is 49.8 Å². The molecule has 0 aromatic heterocycles. The molecule has 2 unspecified atom stereocenters. The van der Waals surface area contributed by atoms with Gasteiger partial charge in [0.25, 0.3) is 0 Å². The molecular formula is C26H36O9. The second kappa shape index (κ2) is 11.9. The second-order valence-corrected chi connectivity index (χ2v) is 9.38. The van der Waals surface area contributed by atoms with Gasteiger partial charge in [-0.1, -0.05) is 18.9 Å². The highest BCUT2D eigenvalue weighted by Gasteiger charge is 2.51. The SMILES string of the molecule is COc1ccc(CC2CCCCC2O)cc1[C@H]1O[C@@H](C)[C@@H](OC(C)=O)[C@@H](OC(C)=O)[C@@H]1OC(C)=O. The van der Waals surface area contributed by atoms with E-state index in [4.69, 9.17) is 23.7 Å². The molecule has 1 aliphatic heterocycles. The lowest BCUT2D eigenvalue weighted by molar-refractivity contribution is -0.245. The van der Waals surface area contributed by atoms with Crippen molar-refractivity contribution in [3.05, 3.63) is 29.3 Å². The van der Waals surface area contributed by atoms with Gasteiger partial charge in [0, 0.05) is 26.3 Å². The van der Waals surface area contributed by atoms with Crippen LogP contribution < -0.4 is 4.74 Å². The number of benzene rings is 1. The van der Waals surface area contributed by atoms with Gasteiger partial charge in [-0.25, -0.2) is 0 Å². The van der Waals surface area contributed by atoms with Gasteiger partial charge in [0.05, 0.1) is 19.3 Å². The van der Waals surface area contributed by atoms with Gasteiger partial charge in [-0.15, -0.1) is 0 Å². The Balaban J connectivity index is 2.01. The summed E-state index contributed by atoms with van der Waals surface area (Å²) in [5.41, 5.74) is 1.60. The lowest BCUT2D eigenvalue weighted by atomic mass is 9.82. The number of hydrogen-bond acceptors (Lipinski definition) is 9. The van der Waals surface area contributed by atoms with Crippen LogP contribution in [0.15, 0.2) is 18.2 Å². The van der Waals surface area contributed by atoms with Gasteiger partial charge in [-0.3, -0.25) is 14.4 Å². The molecule has 1 saturated carbocycles. The van der Waals surface area contributed by atoms with Gasteiger partial charge in [0.1, 0.15) is 11.9 Å². The van der Waals surface area contributed by atoms with Crippen LogP contribution in [0.3, 0.4) is 0 Å². The summed E-state index contributed by atoms with van der Waals surface area (Å²) in [5, 5.41) is 10.4. The first kappa shape index (κ1) is 26.9. The summed E-state index contributed by atoms with van der Waals surface area (Å²) in [4.78, 5) is 35.8. The maximum absolute atomic E-state index is 12.1. The van der Waals surface area contributed by atoms with Crippen LogP contribution in [-0.2, 0) is 39.8 Å². The van der Waals surface area contributed by atoms with Crippen LogP contribution in [0.1, 0.15) is 70.6 Å². The lowest BCUT2D eigenvalue weighted by Gasteiger charge is -2.44. The summed E-state index contributed by atoms with van der Waals surface area (Å²) in [6.07, 6.45) is -0.443. The minimum atomic E-state index is -1.08. The van der Waals surface area contributed by atoms with E-state index in [1.165, 1.54) is 27.9 Å². The average molecular weight is 493 g/mol. The minimum Gasteiger partial charge on any atom is -0.496 e. The monoisotopic (exact) mass is 492 g/mol. The number of methoxy groups -OCH3 is 1. The van der Waals surface area contributed by atoms with Gasteiger partial charge in [0.15, 0.2) is 18.3 Å². The van der Waals surface area contributed by atoms with Crippen molar-refractivity contribution in [3.8, 4) is 5.75 Å². The van der Waals surface area contributed by atoms with Crippen molar-refractivity contribution in [1.29, 1.82) is 0 Å². The van der Waals surface area contributed by atoms with Crippen LogP contribution in [0.5, 0.6) is 5.75 Å². The molecule has 1 aliphatic carbocycles. The summed E-state index contributed by atoms with van der Waals surface area (Å²) in [7, 11) is 1.53. The van der Waals surface area contributed by atoms with Crippen LogP contribution in [0.4, 0.5) is 0 Å². The molecule has 1 N–H and O–H groups in total. The molecular weight excluding hydrogens is 456 g/mol. The molecule has 194 valence electrons. The van der Waals surface area contributed by atoms with Gasteiger partial charge < -0.3 is 28.8 Å². The Bertz CT molecular complexity index is 914. The molecule has 0 bridgehead atoms. The Morgan fingerprint density at radius 3 is 2.14 bits per heavy atom. The summed E-state index contributed by atoms with van der Waals surface area (Å²) in [5.74, 6) is -1.11.